The minimum absolute atomic E-state index is 0.0349. The van der Waals surface area contributed by atoms with Crippen molar-refractivity contribution >= 4 is 29.7 Å². The monoisotopic (exact) mass is 538 g/mol. The second-order valence-corrected chi connectivity index (χ2v) is 9.83. The van der Waals surface area contributed by atoms with E-state index in [2.05, 4.69) is 17.6 Å². The van der Waals surface area contributed by atoms with Crippen molar-refractivity contribution in [2.75, 3.05) is 38.2 Å². The van der Waals surface area contributed by atoms with E-state index in [4.69, 9.17) is 14.7 Å². The van der Waals surface area contributed by atoms with E-state index in [-0.39, 0.29) is 11.8 Å². The second kappa shape index (κ2) is 11.7. The lowest BCUT2D eigenvalue weighted by molar-refractivity contribution is 0.0792. The highest BCUT2D eigenvalue weighted by Gasteiger charge is 2.34. The fourth-order valence-electron chi connectivity index (χ4n) is 5.19. The molecular formula is C31H34N6O3. The molecule has 0 N–H and O–H groups in total. The minimum atomic E-state index is -0.0977. The maximum absolute atomic E-state index is 13.4. The molecule has 9 heteroatoms. The number of hydrogen-bond acceptors (Lipinski definition) is 7. The van der Waals surface area contributed by atoms with Crippen molar-refractivity contribution in [3.8, 4) is 5.75 Å². The summed E-state index contributed by atoms with van der Waals surface area (Å²) in [5.74, 6) is 1.98. The number of nitrogens with zero attached hydrogens (tertiary/aromatic N) is 6. The number of amidine groups is 1. The molecule has 1 aromatic carbocycles. The molecule has 1 aromatic heterocycles. The molecule has 9 nitrogen and oxygen atoms in total. The molecule has 0 saturated heterocycles. The van der Waals surface area contributed by atoms with Crippen LogP contribution in [0.2, 0.25) is 0 Å². The number of aliphatic imine (C=N–C) groups is 2. The zero-order chi connectivity index (χ0) is 28.2. The first-order chi connectivity index (χ1) is 19.4. The molecular weight excluding hydrogens is 504 g/mol. The molecule has 4 heterocycles. The molecule has 0 fully saturated rings. The summed E-state index contributed by atoms with van der Waals surface area (Å²) in [6, 6.07) is 7.48. The minimum Gasteiger partial charge on any atom is -0.493 e. The smallest absolute Gasteiger partial charge is 0.261 e. The Morgan fingerprint density at radius 3 is 2.88 bits per heavy atom. The van der Waals surface area contributed by atoms with E-state index in [9.17, 15) is 9.59 Å². The molecule has 0 atom stereocenters. The van der Waals surface area contributed by atoms with E-state index >= 15 is 0 Å². The largest absolute Gasteiger partial charge is 0.493 e. The van der Waals surface area contributed by atoms with Gasteiger partial charge in [0.25, 0.3) is 11.8 Å². The number of ether oxygens (including phenoxy) is 1. The number of pyridine rings is 1. The Balaban J connectivity index is 1.29. The Bertz CT molecular complexity index is 1470. The van der Waals surface area contributed by atoms with Gasteiger partial charge in [0.1, 0.15) is 11.6 Å². The van der Waals surface area contributed by atoms with Crippen LogP contribution in [-0.2, 0) is 13.0 Å². The maximum Gasteiger partial charge on any atom is 0.261 e. The first-order valence-corrected chi connectivity index (χ1v) is 13.6. The van der Waals surface area contributed by atoms with E-state index in [1.165, 1.54) is 0 Å². The van der Waals surface area contributed by atoms with Crippen molar-refractivity contribution in [1.29, 1.82) is 0 Å². The lowest BCUT2D eigenvalue weighted by atomic mass is 10.1. The molecule has 0 aliphatic carbocycles. The number of hydrogen-bond donors (Lipinski definition) is 0. The van der Waals surface area contributed by atoms with Gasteiger partial charge in [-0.25, -0.2) is 4.98 Å². The first kappa shape index (κ1) is 27.1. The highest BCUT2D eigenvalue weighted by molar-refractivity contribution is 6.17. The van der Waals surface area contributed by atoms with Crippen LogP contribution >= 0.6 is 0 Å². The summed E-state index contributed by atoms with van der Waals surface area (Å²) in [4.78, 5) is 45.3. The van der Waals surface area contributed by atoms with Crippen LogP contribution in [0.5, 0.6) is 5.75 Å². The molecule has 5 rings (SSSR count). The fraction of sp³-hybridized carbons (Fsp3) is 0.323. The van der Waals surface area contributed by atoms with Crippen LogP contribution in [0.25, 0.3) is 0 Å². The number of dihydropyridines is 1. The lowest BCUT2D eigenvalue weighted by Gasteiger charge is -2.27. The number of amides is 2. The number of aromatic nitrogens is 1. The van der Waals surface area contributed by atoms with Gasteiger partial charge in [0.05, 0.1) is 24.4 Å². The average molecular weight is 539 g/mol. The second-order valence-electron chi connectivity index (χ2n) is 9.83. The summed E-state index contributed by atoms with van der Waals surface area (Å²) < 4.78 is 6.17. The van der Waals surface area contributed by atoms with Gasteiger partial charge in [0.15, 0.2) is 5.84 Å². The predicted molar refractivity (Wildman–Crippen MR) is 157 cm³/mol. The molecule has 0 unspecified atom stereocenters. The SMILES string of the molecule is C=C(/C=C\N=CC)CN1Cc2c(OCCc3cnc4c(c3)C(=O)N(C)C3=CCCN=C3N4CC)cccc2C1=O. The molecule has 0 bridgehead atoms. The van der Waals surface area contributed by atoms with Crippen LogP contribution in [-0.4, -0.2) is 71.9 Å². The predicted octanol–water partition coefficient (Wildman–Crippen LogP) is 4.42. The van der Waals surface area contributed by atoms with E-state index in [0.717, 1.165) is 34.7 Å². The molecule has 3 aliphatic heterocycles. The van der Waals surface area contributed by atoms with Gasteiger partial charge in [-0.3, -0.25) is 19.6 Å². The van der Waals surface area contributed by atoms with Crippen LogP contribution in [0.1, 0.15) is 52.1 Å². The van der Waals surface area contributed by atoms with Crippen molar-refractivity contribution < 1.29 is 14.3 Å². The van der Waals surface area contributed by atoms with E-state index in [1.807, 2.05) is 49.1 Å². The van der Waals surface area contributed by atoms with Crippen molar-refractivity contribution in [1.82, 2.24) is 14.8 Å². The van der Waals surface area contributed by atoms with Gasteiger partial charge in [-0.05, 0) is 55.7 Å². The summed E-state index contributed by atoms with van der Waals surface area (Å²) in [6.45, 7) is 10.5. The number of carbonyl (C=O) groups excluding carboxylic acids is 2. The molecule has 0 saturated carbocycles. The molecule has 0 spiro atoms. The Morgan fingerprint density at radius 1 is 1.23 bits per heavy atom. The molecule has 206 valence electrons. The van der Waals surface area contributed by atoms with Gasteiger partial charge in [-0.15, -0.1) is 0 Å². The number of rotatable bonds is 9. The first-order valence-electron chi connectivity index (χ1n) is 13.6. The Labute approximate surface area is 234 Å². The van der Waals surface area contributed by atoms with Crippen LogP contribution in [0.3, 0.4) is 0 Å². The molecule has 3 aliphatic rings. The van der Waals surface area contributed by atoms with Crippen molar-refractivity contribution in [2.24, 2.45) is 9.98 Å². The van der Waals surface area contributed by atoms with Crippen molar-refractivity contribution in [3.63, 3.8) is 0 Å². The van der Waals surface area contributed by atoms with E-state index in [1.54, 1.807) is 35.5 Å². The third-order valence-electron chi connectivity index (χ3n) is 7.19. The standard InChI is InChI=1S/C31H34N6O3/c1-5-32-15-12-21(3)19-36-20-25-23(31(36)39)9-7-11-27(25)40-16-13-22-17-24-28(34-18-22)37(6-2)29-26(10-8-14-33-29)35(4)30(24)38/h5,7,9-12,15,17-18H,3,6,8,13-14,16,19-20H2,1-2,4H3/b15-12-,32-5?. The van der Waals surface area contributed by atoms with Crippen LogP contribution in [0.15, 0.2) is 76.6 Å². The average Bonchev–Trinajstić information content (AvgIpc) is 3.24. The van der Waals surface area contributed by atoms with Gasteiger partial charge in [0, 0.05) is 62.8 Å². The highest BCUT2D eigenvalue weighted by atomic mass is 16.5. The van der Waals surface area contributed by atoms with Gasteiger partial charge in [0.2, 0.25) is 0 Å². The Kier molecular flexibility index (Phi) is 7.91. The summed E-state index contributed by atoms with van der Waals surface area (Å²) in [7, 11) is 1.79. The molecule has 0 radical (unpaired) electrons. The maximum atomic E-state index is 13.4. The van der Waals surface area contributed by atoms with Gasteiger partial charge in [-0.1, -0.05) is 18.7 Å². The van der Waals surface area contributed by atoms with Crippen molar-refractivity contribution in [3.05, 3.63) is 88.9 Å². The number of fused-ring (bicyclic) bond motifs is 3. The summed E-state index contributed by atoms with van der Waals surface area (Å²) >= 11 is 0. The highest BCUT2D eigenvalue weighted by Crippen LogP contribution is 2.32. The number of carbonyl (C=O) groups is 2. The quantitative estimate of drug-likeness (QED) is 0.348. The molecule has 2 amide bonds. The zero-order valence-corrected chi connectivity index (χ0v) is 23.3. The summed E-state index contributed by atoms with van der Waals surface area (Å²) in [5.41, 5.74) is 4.62. The van der Waals surface area contributed by atoms with Crippen molar-refractivity contribution in [2.45, 2.75) is 33.2 Å². The number of benzene rings is 1. The third kappa shape index (κ3) is 5.19. The topological polar surface area (TPSA) is 90.7 Å². The van der Waals surface area contributed by atoms with E-state index < -0.39 is 0 Å². The van der Waals surface area contributed by atoms with Gasteiger partial charge in [-0.2, -0.15) is 0 Å². The van der Waals surface area contributed by atoms with Crippen LogP contribution < -0.4 is 9.64 Å². The summed E-state index contributed by atoms with van der Waals surface area (Å²) in [6.07, 6.45) is 10.4. The van der Waals surface area contributed by atoms with Gasteiger partial charge >= 0.3 is 0 Å². The lowest BCUT2D eigenvalue weighted by Crippen LogP contribution is -2.37. The molecule has 40 heavy (non-hydrogen) atoms. The zero-order valence-electron chi connectivity index (χ0n) is 23.3. The van der Waals surface area contributed by atoms with Crippen LogP contribution in [0.4, 0.5) is 5.82 Å². The fourth-order valence-corrected chi connectivity index (χ4v) is 5.19. The Hall–Kier alpha value is -4.53. The van der Waals surface area contributed by atoms with Gasteiger partial charge < -0.3 is 19.4 Å². The molecule has 2 aromatic rings. The number of anilines is 1. The number of likely N-dealkylation sites (N-methyl/N-ethyl adjacent to an activating group) is 2. The third-order valence-corrected chi connectivity index (χ3v) is 7.19. The Morgan fingerprint density at radius 2 is 2.08 bits per heavy atom. The van der Waals surface area contributed by atoms with Crippen LogP contribution in [0, 0.1) is 0 Å². The van der Waals surface area contributed by atoms with E-state index in [0.29, 0.717) is 61.9 Å². The summed E-state index contributed by atoms with van der Waals surface area (Å²) in [5, 5.41) is 0. The normalized spacial score (nSPS) is 16.6.